The van der Waals surface area contributed by atoms with E-state index in [0.717, 1.165) is 30.1 Å². The number of hydrogen-bond acceptors (Lipinski definition) is 2. The quantitative estimate of drug-likeness (QED) is 0.635. The second kappa shape index (κ2) is 15.9. The molecule has 1 rings (SSSR count). The molecule has 118 valence electrons. The van der Waals surface area contributed by atoms with Gasteiger partial charge in [-0.3, -0.25) is 0 Å². The topological polar surface area (TPSA) is 18.5 Å². The molecule has 0 radical (unpaired) electrons. The van der Waals surface area contributed by atoms with Crippen molar-refractivity contribution in [2.75, 3.05) is 13.2 Å². The van der Waals surface area contributed by atoms with Gasteiger partial charge < -0.3 is 9.47 Å². The van der Waals surface area contributed by atoms with E-state index in [0.29, 0.717) is 6.61 Å². The fraction of sp³-hybridized carbons (Fsp3) is 0.667. The Morgan fingerprint density at radius 1 is 0.850 bits per heavy atom. The lowest BCUT2D eigenvalue weighted by atomic mass is 10.2. The van der Waals surface area contributed by atoms with Crippen molar-refractivity contribution in [2.24, 2.45) is 0 Å². The minimum atomic E-state index is 0.673. The Morgan fingerprint density at radius 3 is 1.90 bits per heavy atom. The average Bonchev–Trinajstić information content (AvgIpc) is 2.49. The Bertz CT molecular complexity index is 306. The Labute approximate surface area is 126 Å². The summed E-state index contributed by atoms with van der Waals surface area (Å²) < 4.78 is 11.1. The number of hydrogen-bond donors (Lipinski definition) is 0. The van der Waals surface area contributed by atoms with Gasteiger partial charge in [0.25, 0.3) is 0 Å². The lowest BCUT2D eigenvalue weighted by Crippen LogP contribution is -2.01. The first kappa shape index (κ1) is 21.1. The number of ether oxygens (including phenoxy) is 2. The highest BCUT2D eigenvalue weighted by molar-refractivity contribution is 5.45. The van der Waals surface area contributed by atoms with Gasteiger partial charge in [-0.15, -0.1) is 0 Å². The van der Waals surface area contributed by atoms with Crippen molar-refractivity contribution >= 4 is 0 Å². The Balaban J connectivity index is 0. The minimum absolute atomic E-state index is 0.673. The maximum Gasteiger partial charge on any atom is 0.164 e. The molecule has 0 aliphatic heterocycles. The molecule has 0 bridgehead atoms. The van der Waals surface area contributed by atoms with E-state index >= 15 is 0 Å². The largest absolute Gasteiger partial charge is 0.490 e. The van der Waals surface area contributed by atoms with Crippen molar-refractivity contribution in [3.05, 3.63) is 23.8 Å². The standard InChI is InChI=1S/C12H18O2.C4H10.C2H6/c1-4-9-14-12-10(3)7-6-8-11(12)13-5-2;1-3-4-2;1-2/h6-8H,4-5,9H2,1-3H3;3-4H2,1-2H3;1-2H3. The summed E-state index contributed by atoms with van der Waals surface area (Å²) >= 11 is 0. The third-order valence-electron chi connectivity index (χ3n) is 2.43. The van der Waals surface area contributed by atoms with Gasteiger partial charge in [-0.05, 0) is 31.9 Å². The first-order valence-corrected chi connectivity index (χ1v) is 8.06. The van der Waals surface area contributed by atoms with Crippen LogP contribution in [0.2, 0.25) is 0 Å². The molecule has 0 unspecified atom stereocenters. The van der Waals surface area contributed by atoms with Crippen molar-refractivity contribution in [3.63, 3.8) is 0 Å². The van der Waals surface area contributed by atoms with Crippen LogP contribution in [-0.2, 0) is 0 Å². The van der Waals surface area contributed by atoms with Crippen LogP contribution in [0.1, 0.15) is 66.4 Å². The molecule has 0 N–H and O–H groups in total. The summed E-state index contributed by atoms with van der Waals surface area (Å²) in [6.07, 6.45) is 3.65. The molecule has 0 aromatic heterocycles. The van der Waals surface area contributed by atoms with E-state index in [9.17, 15) is 0 Å². The van der Waals surface area contributed by atoms with E-state index in [-0.39, 0.29) is 0 Å². The van der Waals surface area contributed by atoms with Crippen LogP contribution in [-0.4, -0.2) is 13.2 Å². The molecule has 0 saturated heterocycles. The Kier molecular flexibility index (Phi) is 16.8. The molecule has 0 heterocycles. The lowest BCUT2D eigenvalue weighted by molar-refractivity contribution is 0.275. The zero-order valence-corrected chi connectivity index (χ0v) is 14.6. The van der Waals surface area contributed by atoms with Gasteiger partial charge in [0.2, 0.25) is 0 Å². The van der Waals surface area contributed by atoms with Gasteiger partial charge in [0, 0.05) is 0 Å². The van der Waals surface area contributed by atoms with Crippen molar-refractivity contribution in [1.29, 1.82) is 0 Å². The highest BCUT2D eigenvalue weighted by Crippen LogP contribution is 2.30. The Morgan fingerprint density at radius 2 is 1.45 bits per heavy atom. The summed E-state index contributed by atoms with van der Waals surface area (Å²) in [5.41, 5.74) is 1.13. The van der Waals surface area contributed by atoms with Gasteiger partial charge in [-0.2, -0.15) is 0 Å². The van der Waals surface area contributed by atoms with E-state index in [1.165, 1.54) is 12.8 Å². The summed E-state index contributed by atoms with van der Waals surface area (Å²) in [5.74, 6) is 1.73. The molecule has 2 heteroatoms. The molecule has 0 spiro atoms. The van der Waals surface area contributed by atoms with Gasteiger partial charge in [0.05, 0.1) is 13.2 Å². The minimum Gasteiger partial charge on any atom is -0.490 e. The fourth-order valence-electron chi connectivity index (χ4n) is 1.28. The van der Waals surface area contributed by atoms with E-state index in [1.807, 2.05) is 45.9 Å². The molecule has 0 aliphatic rings. The van der Waals surface area contributed by atoms with Crippen LogP contribution in [0.5, 0.6) is 11.5 Å². The molecule has 0 atom stereocenters. The number of unbranched alkanes of at least 4 members (excludes halogenated alkanes) is 1. The van der Waals surface area contributed by atoms with Gasteiger partial charge in [0.15, 0.2) is 11.5 Å². The van der Waals surface area contributed by atoms with E-state index in [1.54, 1.807) is 0 Å². The predicted octanol–water partition coefficient (Wildman–Crippen LogP) is 6.02. The van der Waals surface area contributed by atoms with Crippen LogP contribution in [0, 0.1) is 6.92 Å². The van der Waals surface area contributed by atoms with Gasteiger partial charge in [-0.25, -0.2) is 0 Å². The second-order valence-electron chi connectivity index (χ2n) is 4.18. The fourth-order valence-corrected chi connectivity index (χ4v) is 1.28. The number of para-hydroxylation sites is 1. The van der Waals surface area contributed by atoms with Crippen molar-refractivity contribution in [2.45, 2.75) is 67.7 Å². The smallest absolute Gasteiger partial charge is 0.164 e. The molecule has 0 aliphatic carbocycles. The maximum absolute atomic E-state index is 5.64. The van der Waals surface area contributed by atoms with E-state index in [4.69, 9.17) is 9.47 Å². The molecule has 2 nitrogen and oxygen atoms in total. The molecule has 0 amide bonds. The molecule has 20 heavy (non-hydrogen) atoms. The van der Waals surface area contributed by atoms with Gasteiger partial charge in [0.1, 0.15) is 0 Å². The van der Waals surface area contributed by atoms with Crippen molar-refractivity contribution < 1.29 is 9.47 Å². The number of rotatable bonds is 6. The lowest BCUT2D eigenvalue weighted by Gasteiger charge is -2.13. The molecule has 1 aromatic rings. The number of benzene rings is 1. The third-order valence-corrected chi connectivity index (χ3v) is 2.43. The van der Waals surface area contributed by atoms with Gasteiger partial charge in [-0.1, -0.05) is 59.6 Å². The Hall–Kier alpha value is -1.18. The van der Waals surface area contributed by atoms with Crippen LogP contribution in [0.3, 0.4) is 0 Å². The highest BCUT2D eigenvalue weighted by Gasteiger charge is 2.06. The first-order chi connectivity index (χ1) is 9.71. The number of aryl methyl sites for hydroxylation is 1. The maximum atomic E-state index is 5.64. The first-order valence-electron chi connectivity index (χ1n) is 8.06. The van der Waals surface area contributed by atoms with Crippen LogP contribution in [0.4, 0.5) is 0 Å². The summed E-state index contributed by atoms with van der Waals surface area (Å²) in [6, 6.07) is 5.97. The normalized spacial score (nSPS) is 8.75. The van der Waals surface area contributed by atoms with Crippen LogP contribution >= 0.6 is 0 Å². The van der Waals surface area contributed by atoms with Gasteiger partial charge >= 0.3 is 0 Å². The molecule has 0 saturated carbocycles. The van der Waals surface area contributed by atoms with Crippen molar-refractivity contribution in [3.8, 4) is 11.5 Å². The summed E-state index contributed by atoms with van der Waals surface area (Å²) in [7, 11) is 0. The monoisotopic (exact) mass is 282 g/mol. The SMILES string of the molecule is CC.CCCC.CCCOc1c(C)cccc1OCC. The van der Waals surface area contributed by atoms with Crippen LogP contribution < -0.4 is 9.47 Å². The van der Waals surface area contributed by atoms with Crippen molar-refractivity contribution in [1.82, 2.24) is 0 Å². The van der Waals surface area contributed by atoms with E-state index in [2.05, 4.69) is 20.8 Å². The van der Waals surface area contributed by atoms with Crippen LogP contribution in [0.15, 0.2) is 18.2 Å². The highest BCUT2D eigenvalue weighted by atomic mass is 16.5. The summed E-state index contributed by atoms with van der Waals surface area (Å²) in [6.45, 7) is 15.9. The van der Waals surface area contributed by atoms with Crippen LogP contribution in [0.25, 0.3) is 0 Å². The molecule has 0 fully saturated rings. The average molecular weight is 282 g/mol. The predicted molar refractivity (Wildman–Crippen MR) is 90.1 cm³/mol. The molecular weight excluding hydrogens is 248 g/mol. The zero-order chi connectivity index (χ0) is 15.8. The third kappa shape index (κ3) is 9.71. The summed E-state index contributed by atoms with van der Waals surface area (Å²) in [4.78, 5) is 0. The second-order valence-corrected chi connectivity index (χ2v) is 4.18. The van der Waals surface area contributed by atoms with E-state index < -0.39 is 0 Å². The zero-order valence-electron chi connectivity index (χ0n) is 14.6. The summed E-state index contributed by atoms with van der Waals surface area (Å²) in [5, 5.41) is 0. The molecular formula is C18H34O2. The molecule has 1 aromatic carbocycles.